The van der Waals surface area contributed by atoms with Crippen LogP contribution in [-0.2, 0) is 11.0 Å². The Morgan fingerprint density at radius 1 is 1.21 bits per heavy atom. The summed E-state index contributed by atoms with van der Waals surface area (Å²) in [7, 11) is 0. The Kier molecular flexibility index (Phi) is 5.97. The van der Waals surface area contributed by atoms with Gasteiger partial charge in [-0.2, -0.15) is 13.2 Å². The molecule has 1 atom stereocenters. The van der Waals surface area contributed by atoms with E-state index < -0.39 is 23.2 Å². The summed E-state index contributed by atoms with van der Waals surface area (Å²) in [5.74, 6) is -1.66. The van der Waals surface area contributed by atoms with Crippen molar-refractivity contribution in [1.82, 2.24) is 15.0 Å². The molecule has 5 nitrogen and oxygen atoms in total. The van der Waals surface area contributed by atoms with E-state index in [4.69, 9.17) is 23.2 Å². The van der Waals surface area contributed by atoms with Crippen LogP contribution in [0.4, 0.5) is 19.0 Å². The Morgan fingerprint density at radius 2 is 1.93 bits per heavy atom. The van der Waals surface area contributed by atoms with E-state index >= 15 is 0 Å². The van der Waals surface area contributed by atoms with Crippen LogP contribution in [0, 0.1) is 0 Å². The molecular weight excluding hydrogens is 436 g/mol. The first-order valence-corrected chi connectivity index (χ1v) is 9.41. The van der Waals surface area contributed by atoms with Gasteiger partial charge in [-0.15, -0.1) is 0 Å². The number of benzene rings is 1. The third kappa shape index (κ3) is 4.65. The number of aromatic nitrogens is 3. The van der Waals surface area contributed by atoms with Gasteiger partial charge < -0.3 is 5.32 Å². The van der Waals surface area contributed by atoms with Crippen LogP contribution in [0.5, 0.6) is 0 Å². The molecule has 1 N–H and O–H groups in total. The van der Waals surface area contributed by atoms with Crippen LogP contribution in [0.3, 0.4) is 0 Å². The van der Waals surface area contributed by atoms with E-state index in [0.29, 0.717) is 10.4 Å². The van der Waals surface area contributed by atoms with Gasteiger partial charge in [-0.1, -0.05) is 53.2 Å². The van der Waals surface area contributed by atoms with Gasteiger partial charge in [0, 0.05) is 11.6 Å². The summed E-state index contributed by atoms with van der Waals surface area (Å²) in [5.41, 5.74) is 0.141. The molecule has 0 bridgehead atoms. The number of halogens is 5. The van der Waals surface area contributed by atoms with Crippen LogP contribution in [-0.4, -0.2) is 26.1 Å². The average molecular weight is 447 g/mol. The van der Waals surface area contributed by atoms with Crippen molar-refractivity contribution in [2.45, 2.75) is 23.4 Å². The summed E-state index contributed by atoms with van der Waals surface area (Å²) in [4.78, 5) is 23.5. The van der Waals surface area contributed by atoms with Crippen LogP contribution in [0.25, 0.3) is 10.9 Å². The third-order valence-corrected chi connectivity index (χ3v) is 5.13. The lowest BCUT2D eigenvalue weighted by Gasteiger charge is -2.14. The molecule has 0 saturated heterocycles. The summed E-state index contributed by atoms with van der Waals surface area (Å²) >= 11 is 12.6. The summed E-state index contributed by atoms with van der Waals surface area (Å²) in [6.07, 6.45) is -3.39. The molecule has 28 heavy (non-hydrogen) atoms. The predicted octanol–water partition coefficient (Wildman–Crippen LogP) is 5.47. The maximum Gasteiger partial charge on any atom is 0.451 e. The van der Waals surface area contributed by atoms with Crippen molar-refractivity contribution in [3.63, 3.8) is 0 Å². The Morgan fingerprint density at radius 3 is 2.61 bits per heavy atom. The van der Waals surface area contributed by atoms with Gasteiger partial charge in [-0.3, -0.25) is 4.79 Å². The molecule has 0 fully saturated rings. The summed E-state index contributed by atoms with van der Waals surface area (Å²) < 4.78 is 39.3. The Labute approximate surface area is 171 Å². The fraction of sp³-hybridized carbons (Fsp3) is 0.176. The zero-order valence-corrected chi connectivity index (χ0v) is 16.4. The van der Waals surface area contributed by atoms with Crippen LogP contribution in [0.2, 0.25) is 10.0 Å². The molecule has 3 aromatic rings. The number of alkyl halides is 3. The SMILES string of the molecule is CC(Sc1nc(C(F)(F)F)nc2ccccc12)C(=O)Nc1ncc(Cl)cc1Cl. The second-order valence-electron chi connectivity index (χ2n) is 5.60. The van der Waals surface area contributed by atoms with E-state index in [1.54, 1.807) is 18.2 Å². The molecule has 0 aliphatic carbocycles. The molecule has 2 aromatic heterocycles. The van der Waals surface area contributed by atoms with Gasteiger partial charge in [0.05, 0.1) is 20.8 Å². The van der Waals surface area contributed by atoms with Gasteiger partial charge in [-0.25, -0.2) is 15.0 Å². The molecule has 0 aliphatic heterocycles. The molecule has 1 amide bonds. The number of carbonyl (C=O) groups excluding carboxylic acids is 1. The molecule has 2 heterocycles. The number of amides is 1. The normalized spacial score (nSPS) is 12.8. The molecule has 146 valence electrons. The standard InChI is InChI=1S/C17H11Cl2F3N4OS/c1-8(14(27)25-13-11(19)6-9(18)7-23-13)28-15-10-4-2-3-5-12(10)24-16(26-15)17(20,21)22/h2-8H,1H3,(H,23,25,27). The van der Waals surface area contributed by atoms with Crippen molar-refractivity contribution in [3.05, 3.63) is 52.4 Å². The molecule has 0 spiro atoms. The average Bonchev–Trinajstić information content (AvgIpc) is 2.63. The van der Waals surface area contributed by atoms with Crippen LogP contribution < -0.4 is 5.32 Å². The quantitative estimate of drug-likeness (QED) is 0.425. The van der Waals surface area contributed by atoms with Gasteiger partial charge in [0.15, 0.2) is 5.82 Å². The Balaban J connectivity index is 1.87. The first kappa shape index (κ1) is 20.6. The zero-order valence-electron chi connectivity index (χ0n) is 14.1. The fourth-order valence-corrected chi connectivity index (χ4v) is 3.58. The topological polar surface area (TPSA) is 67.8 Å². The van der Waals surface area contributed by atoms with Crippen molar-refractivity contribution in [1.29, 1.82) is 0 Å². The monoisotopic (exact) mass is 446 g/mol. The predicted molar refractivity (Wildman–Crippen MR) is 103 cm³/mol. The molecular formula is C17H11Cl2F3N4OS. The summed E-state index contributed by atoms with van der Waals surface area (Å²) in [6.45, 7) is 1.54. The van der Waals surface area contributed by atoms with Gasteiger partial charge in [0.2, 0.25) is 11.7 Å². The number of rotatable bonds is 4. The molecule has 0 aliphatic rings. The number of nitrogens with one attached hydrogen (secondary N) is 1. The van der Waals surface area contributed by atoms with Gasteiger partial charge in [0.25, 0.3) is 0 Å². The highest BCUT2D eigenvalue weighted by Crippen LogP contribution is 2.34. The number of thioether (sulfide) groups is 1. The maximum absolute atomic E-state index is 13.1. The number of hydrogen-bond acceptors (Lipinski definition) is 5. The largest absolute Gasteiger partial charge is 0.451 e. The number of carbonyl (C=O) groups is 1. The van der Waals surface area contributed by atoms with E-state index in [1.807, 2.05) is 0 Å². The zero-order chi connectivity index (χ0) is 20.5. The maximum atomic E-state index is 13.1. The van der Waals surface area contributed by atoms with Gasteiger partial charge >= 0.3 is 6.18 Å². The lowest BCUT2D eigenvalue weighted by Crippen LogP contribution is -2.23. The van der Waals surface area contributed by atoms with Crippen molar-refractivity contribution in [3.8, 4) is 0 Å². The molecule has 0 saturated carbocycles. The molecule has 11 heteroatoms. The van der Waals surface area contributed by atoms with Crippen LogP contribution >= 0.6 is 35.0 Å². The van der Waals surface area contributed by atoms with E-state index in [1.165, 1.54) is 25.3 Å². The molecule has 1 aromatic carbocycles. The minimum atomic E-state index is -4.70. The first-order chi connectivity index (χ1) is 13.1. The smallest absolute Gasteiger partial charge is 0.308 e. The summed E-state index contributed by atoms with van der Waals surface area (Å²) in [6, 6.07) is 7.70. The number of nitrogens with zero attached hydrogens (tertiary/aromatic N) is 3. The van der Waals surface area contributed by atoms with Crippen molar-refractivity contribution < 1.29 is 18.0 Å². The van der Waals surface area contributed by atoms with Crippen molar-refractivity contribution >= 4 is 57.6 Å². The minimum Gasteiger partial charge on any atom is -0.308 e. The Bertz CT molecular complexity index is 1050. The third-order valence-electron chi connectivity index (χ3n) is 3.53. The van der Waals surface area contributed by atoms with Crippen molar-refractivity contribution in [2.24, 2.45) is 0 Å². The molecule has 3 rings (SSSR count). The van der Waals surface area contributed by atoms with Gasteiger partial charge in [-0.05, 0) is 19.1 Å². The lowest BCUT2D eigenvalue weighted by molar-refractivity contribution is -0.145. The highest BCUT2D eigenvalue weighted by Gasteiger charge is 2.36. The van der Waals surface area contributed by atoms with E-state index in [0.717, 1.165) is 11.8 Å². The second-order valence-corrected chi connectivity index (χ2v) is 7.77. The summed E-state index contributed by atoms with van der Waals surface area (Å²) in [5, 5.41) is 2.66. The number of pyridine rings is 1. The van der Waals surface area contributed by atoms with E-state index in [9.17, 15) is 18.0 Å². The highest BCUT2D eigenvalue weighted by molar-refractivity contribution is 8.00. The number of para-hydroxylation sites is 1. The molecule has 1 unspecified atom stereocenters. The number of anilines is 1. The number of fused-ring (bicyclic) bond motifs is 1. The Hall–Kier alpha value is -2.10. The first-order valence-electron chi connectivity index (χ1n) is 7.77. The fourth-order valence-electron chi connectivity index (χ4n) is 2.21. The van der Waals surface area contributed by atoms with Crippen molar-refractivity contribution in [2.75, 3.05) is 5.32 Å². The lowest BCUT2D eigenvalue weighted by atomic mass is 10.2. The van der Waals surface area contributed by atoms with Crippen LogP contribution in [0.15, 0.2) is 41.6 Å². The van der Waals surface area contributed by atoms with Crippen LogP contribution in [0.1, 0.15) is 12.7 Å². The van der Waals surface area contributed by atoms with E-state index in [2.05, 4.69) is 20.3 Å². The number of hydrogen-bond donors (Lipinski definition) is 1. The van der Waals surface area contributed by atoms with Gasteiger partial charge in [0.1, 0.15) is 5.03 Å². The molecule has 0 radical (unpaired) electrons. The van der Waals surface area contributed by atoms with E-state index in [-0.39, 0.29) is 21.4 Å². The second kappa shape index (κ2) is 8.10. The minimum absolute atomic E-state index is 0.0516. The highest BCUT2D eigenvalue weighted by atomic mass is 35.5.